The zero-order chi connectivity index (χ0) is 30.0. The maximum absolute atomic E-state index is 12.9. The first kappa shape index (κ1) is 30.6. The Kier molecular flexibility index (Phi) is 10.6. The molecular formula is C32H41N5O5. The number of nitrogens with one attached hydrogen (secondary N) is 3. The van der Waals surface area contributed by atoms with E-state index in [0.717, 1.165) is 25.3 Å². The van der Waals surface area contributed by atoms with Crippen LogP contribution in [0.15, 0.2) is 73.1 Å². The zero-order valence-corrected chi connectivity index (χ0v) is 24.6. The Morgan fingerprint density at radius 2 is 1.52 bits per heavy atom. The van der Waals surface area contributed by atoms with Crippen molar-refractivity contribution in [2.45, 2.75) is 58.1 Å². The molecule has 0 bridgehead atoms. The molecule has 2 heterocycles. The molecule has 4 rings (SSSR count). The summed E-state index contributed by atoms with van der Waals surface area (Å²) in [5.74, 6) is 0.722. The molecule has 224 valence electrons. The fourth-order valence-corrected chi connectivity index (χ4v) is 4.62. The molecular weight excluding hydrogens is 534 g/mol. The van der Waals surface area contributed by atoms with Crippen molar-refractivity contribution in [1.82, 2.24) is 20.1 Å². The maximum atomic E-state index is 12.9. The van der Waals surface area contributed by atoms with Gasteiger partial charge in [0.2, 0.25) is 11.8 Å². The molecule has 1 atom stereocenters. The van der Waals surface area contributed by atoms with Gasteiger partial charge in [-0.05, 0) is 114 Å². The van der Waals surface area contributed by atoms with Crippen LogP contribution in [0.5, 0.6) is 11.5 Å². The molecule has 1 saturated heterocycles. The van der Waals surface area contributed by atoms with Gasteiger partial charge >= 0.3 is 6.09 Å². The van der Waals surface area contributed by atoms with E-state index >= 15 is 0 Å². The zero-order valence-electron chi connectivity index (χ0n) is 24.6. The second-order valence-electron chi connectivity index (χ2n) is 11.3. The van der Waals surface area contributed by atoms with Crippen molar-refractivity contribution in [3.63, 3.8) is 0 Å². The number of carbonyl (C=O) groups excluding carboxylic acids is 3. The van der Waals surface area contributed by atoms with Crippen LogP contribution < -0.4 is 20.7 Å². The lowest BCUT2D eigenvalue weighted by Gasteiger charge is -2.23. The van der Waals surface area contributed by atoms with Gasteiger partial charge in [0.25, 0.3) is 0 Å². The smallest absolute Gasteiger partial charge is 0.408 e. The number of hydrogen-bond acceptors (Lipinski definition) is 6. The Morgan fingerprint density at radius 1 is 0.905 bits per heavy atom. The Bertz CT molecular complexity index is 1290. The number of hydrogen-bond donors (Lipinski definition) is 3. The topological polar surface area (TPSA) is 114 Å². The molecule has 1 unspecified atom stereocenters. The summed E-state index contributed by atoms with van der Waals surface area (Å²) in [6, 6.07) is 17.8. The Hall–Kier alpha value is -4.31. The SMILES string of the molecule is CC(C)(C)OC(=O)NC(CCC(=O)Nc1ccc(Oc2ccc(-n3cccc3)cc2)cc1)C(=O)NCCN1CCCC1. The number of likely N-dealkylation sites (tertiary alicyclic amines) is 1. The number of aromatic nitrogens is 1. The number of anilines is 1. The first-order valence-electron chi connectivity index (χ1n) is 14.5. The second-order valence-corrected chi connectivity index (χ2v) is 11.3. The van der Waals surface area contributed by atoms with Crippen molar-refractivity contribution in [3.05, 3.63) is 73.1 Å². The van der Waals surface area contributed by atoms with Crippen molar-refractivity contribution in [3.8, 4) is 17.2 Å². The standard InChI is InChI=1S/C32H41N5O5/c1-32(2,3)42-31(40)35-28(30(39)33-18-23-36-19-4-5-20-36)16-17-29(38)34-24-8-12-26(13-9-24)41-27-14-10-25(11-15-27)37-21-6-7-22-37/h6-15,21-22,28H,4-5,16-20,23H2,1-3H3,(H,33,39)(H,34,38)(H,35,40). The van der Waals surface area contributed by atoms with E-state index in [1.54, 1.807) is 45.0 Å². The summed E-state index contributed by atoms with van der Waals surface area (Å²) in [4.78, 5) is 40.3. The van der Waals surface area contributed by atoms with Crippen molar-refractivity contribution >= 4 is 23.6 Å². The molecule has 3 amide bonds. The van der Waals surface area contributed by atoms with Crippen LogP contribution in [0.3, 0.4) is 0 Å². The van der Waals surface area contributed by atoms with Crippen LogP contribution in [0.4, 0.5) is 10.5 Å². The highest BCUT2D eigenvalue weighted by molar-refractivity contribution is 5.92. The monoisotopic (exact) mass is 575 g/mol. The average Bonchev–Trinajstić information content (AvgIpc) is 3.67. The Labute approximate surface area is 247 Å². The summed E-state index contributed by atoms with van der Waals surface area (Å²) in [5, 5.41) is 8.36. The molecule has 42 heavy (non-hydrogen) atoms. The molecule has 1 fully saturated rings. The average molecular weight is 576 g/mol. The minimum absolute atomic E-state index is 0.0337. The van der Waals surface area contributed by atoms with E-state index in [1.165, 1.54) is 12.8 Å². The predicted molar refractivity (Wildman–Crippen MR) is 162 cm³/mol. The fraction of sp³-hybridized carbons (Fsp3) is 0.406. The summed E-state index contributed by atoms with van der Waals surface area (Å²) in [6.45, 7) is 8.55. The molecule has 1 aromatic heterocycles. The highest BCUT2D eigenvalue weighted by Gasteiger charge is 2.25. The van der Waals surface area contributed by atoms with Crippen molar-refractivity contribution in [2.24, 2.45) is 0 Å². The lowest BCUT2D eigenvalue weighted by molar-refractivity contribution is -0.123. The molecule has 0 saturated carbocycles. The van der Waals surface area contributed by atoms with Gasteiger partial charge in [-0.25, -0.2) is 4.79 Å². The Balaban J connectivity index is 1.26. The van der Waals surface area contributed by atoms with E-state index < -0.39 is 17.7 Å². The largest absolute Gasteiger partial charge is 0.457 e. The van der Waals surface area contributed by atoms with Gasteiger partial charge in [-0.1, -0.05) is 0 Å². The van der Waals surface area contributed by atoms with E-state index in [4.69, 9.17) is 9.47 Å². The third-order valence-electron chi connectivity index (χ3n) is 6.71. The van der Waals surface area contributed by atoms with Gasteiger partial charge in [-0.15, -0.1) is 0 Å². The fourth-order valence-electron chi connectivity index (χ4n) is 4.62. The van der Waals surface area contributed by atoms with E-state index in [-0.39, 0.29) is 24.7 Å². The molecule has 1 aliphatic rings. The molecule has 3 N–H and O–H groups in total. The van der Waals surface area contributed by atoms with Gasteiger partial charge in [0, 0.05) is 43.3 Å². The number of carbonyl (C=O) groups is 3. The van der Waals surface area contributed by atoms with E-state index in [1.807, 2.05) is 53.4 Å². The van der Waals surface area contributed by atoms with Crippen LogP contribution in [0.2, 0.25) is 0 Å². The van der Waals surface area contributed by atoms with Gasteiger partial charge in [-0.3, -0.25) is 9.59 Å². The number of ether oxygens (including phenoxy) is 2. The molecule has 10 heteroatoms. The van der Waals surface area contributed by atoms with Crippen molar-refractivity contribution in [1.29, 1.82) is 0 Å². The normalized spacial score (nSPS) is 14.2. The number of benzene rings is 2. The molecule has 2 aromatic carbocycles. The summed E-state index contributed by atoms with van der Waals surface area (Å²) in [7, 11) is 0. The summed E-state index contributed by atoms with van der Waals surface area (Å²) < 4.78 is 13.3. The summed E-state index contributed by atoms with van der Waals surface area (Å²) in [6.07, 6.45) is 5.76. The van der Waals surface area contributed by atoms with Gasteiger partial charge in [0.15, 0.2) is 0 Å². The van der Waals surface area contributed by atoms with Crippen LogP contribution in [0.1, 0.15) is 46.5 Å². The van der Waals surface area contributed by atoms with Gasteiger partial charge in [0.1, 0.15) is 23.1 Å². The third kappa shape index (κ3) is 9.95. The molecule has 1 aliphatic heterocycles. The number of nitrogens with zero attached hydrogens (tertiary/aromatic N) is 2. The van der Waals surface area contributed by atoms with Gasteiger partial charge in [-0.2, -0.15) is 0 Å². The summed E-state index contributed by atoms with van der Waals surface area (Å²) >= 11 is 0. The van der Waals surface area contributed by atoms with Crippen LogP contribution in [-0.2, 0) is 14.3 Å². The van der Waals surface area contributed by atoms with Crippen LogP contribution in [0, 0.1) is 0 Å². The van der Waals surface area contributed by atoms with Gasteiger partial charge < -0.3 is 34.9 Å². The second kappa shape index (κ2) is 14.5. The lowest BCUT2D eigenvalue weighted by atomic mass is 10.1. The van der Waals surface area contributed by atoms with Crippen LogP contribution >= 0.6 is 0 Å². The van der Waals surface area contributed by atoms with Crippen LogP contribution in [-0.4, -0.2) is 65.2 Å². The molecule has 10 nitrogen and oxygen atoms in total. The van der Waals surface area contributed by atoms with E-state index in [2.05, 4.69) is 20.9 Å². The Morgan fingerprint density at radius 3 is 2.14 bits per heavy atom. The number of amides is 3. The number of rotatable bonds is 12. The first-order valence-corrected chi connectivity index (χ1v) is 14.5. The lowest BCUT2D eigenvalue weighted by Crippen LogP contribution is -2.49. The predicted octanol–water partition coefficient (Wildman–Crippen LogP) is 5.09. The van der Waals surface area contributed by atoms with Crippen LogP contribution in [0.25, 0.3) is 5.69 Å². The summed E-state index contributed by atoms with van der Waals surface area (Å²) in [5.41, 5.74) is 0.927. The van der Waals surface area contributed by atoms with Crippen molar-refractivity contribution < 1.29 is 23.9 Å². The molecule has 0 spiro atoms. The minimum atomic E-state index is -0.899. The highest BCUT2D eigenvalue weighted by atomic mass is 16.6. The maximum Gasteiger partial charge on any atom is 0.408 e. The first-order chi connectivity index (χ1) is 20.1. The minimum Gasteiger partial charge on any atom is -0.457 e. The highest BCUT2D eigenvalue weighted by Crippen LogP contribution is 2.24. The molecule has 0 radical (unpaired) electrons. The van der Waals surface area contributed by atoms with Gasteiger partial charge in [0.05, 0.1) is 0 Å². The third-order valence-corrected chi connectivity index (χ3v) is 6.71. The molecule has 0 aliphatic carbocycles. The quantitative estimate of drug-likeness (QED) is 0.277. The van der Waals surface area contributed by atoms with E-state index in [0.29, 0.717) is 23.7 Å². The van der Waals surface area contributed by atoms with E-state index in [9.17, 15) is 14.4 Å². The number of alkyl carbamates (subject to hydrolysis) is 1. The van der Waals surface area contributed by atoms with Crippen molar-refractivity contribution in [2.75, 3.05) is 31.5 Å². The molecule has 3 aromatic rings.